The van der Waals surface area contributed by atoms with E-state index >= 15 is 4.39 Å². The molecule has 8 N–H and O–H groups in total. The number of halogens is 3. The number of nitrogens with zero attached hydrogens (tertiary/aromatic N) is 4. The molecule has 10 rings (SSSR count). The van der Waals surface area contributed by atoms with Gasteiger partial charge in [0, 0.05) is 13.1 Å². The second-order valence-corrected chi connectivity index (χ2v) is 26.9. The van der Waals surface area contributed by atoms with Gasteiger partial charge in [-0.05, 0) is 187 Å². The largest absolute Gasteiger partial charge is 0.444 e. The summed E-state index contributed by atoms with van der Waals surface area (Å²) in [6.07, 6.45) is 7.55. The number of hydrogen-bond acceptors (Lipinski definition) is 9. The predicted molar refractivity (Wildman–Crippen MR) is 347 cm³/mol. The molecule has 2 aromatic heterocycles. The Morgan fingerprint density at radius 1 is 0.602 bits per heavy atom. The highest BCUT2D eigenvalue weighted by atomic mass is 35.5. The van der Waals surface area contributed by atoms with E-state index in [1.54, 1.807) is 74.8 Å². The van der Waals surface area contributed by atoms with Gasteiger partial charge in [0.25, 0.3) is 11.8 Å². The molecule has 0 saturated heterocycles. The Hall–Kier alpha value is -7.87. The molecule has 3 unspecified atom stereocenters. The summed E-state index contributed by atoms with van der Waals surface area (Å²) in [4.78, 5) is 39.5. The molecule has 0 aliphatic heterocycles. The molecule has 3 atom stereocenters. The normalized spacial score (nSPS) is 14.9. The lowest BCUT2D eigenvalue weighted by atomic mass is 9.79. The molecular weight excluding hydrogens is 1150 g/mol. The van der Waals surface area contributed by atoms with Crippen molar-refractivity contribution in [2.75, 3.05) is 10.6 Å². The zero-order valence-electron chi connectivity index (χ0n) is 51.3. The van der Waals surface area contributed by atoms with Crippen LogP contribution in [0.4, 0.5) is 25.0 Å². The number of benzene rings is 6. The lowest BCUT2D eigenvalue weighted by Crippen LogP contribution is -2.49. The van der Waals surface area contributed by atoms with Crippen molar-refractivity contribution >= 4 is 52.7 Å². The van der Waals surface area contributed by atoms with Crippen LogP contribution in [0.15, 0.2) is 158 Å². The molecule has 464 valence electrons. The van der Waals surface area contributed by atoms with Crippen LogP contribution in [-0.4, -0.2) is 52.0 Å². The molecule has 0 spiro atoms. The first-order chi connectivity index (χ1) is 41.4. The van der Waals surface area contributed by atoms with Crippen molar-refractivity contribution in [1.29, 1.82) is 0 Å². The summed E-state index contributed by atoms with van der Waals surface area (Å²) in [5.41, 5.74) is 18.7. The molecule has 2 fully saturated rings. The molecule has 8 aromatic rings. The zero-order valence-corrected chi connectivity index (χ0v) is 52.9. The van der Waals surface area contributed by atoms with E-state index in [-0.39, 0.29) is 36.0 Å². The van der Waals surface area contributed by atoms with E-state index in [0.29, 0.717) is 58.8 Å². The van der Waals surface area contributed by atoms with Crippen LogP contribution in [0, 0.1) is 37.3 Å². The SMILES string of the molecule is Cc1cc(C(=O)Nc2cc(C(CCC3CC3)(NS(=O)C(C)(C)C)c3ccccc3)ccc2F)n(-c2cccc(CNC(=O)OC(C)(C)C)c2)n1.Cc1cc(C(=O)Nc2cc(C(N)(CCC3CC3)c3ccccc3)ccc2F)n(-c2cccc(CN)c2)n1.Cl. The molecule has 88 heavy (non-hydrogen) atoms. The van der Waals surface area contributed by atoms with Crippen LogP contribution < -0.4 is 32.1 Å². The summed E-state index contributed by atoms with van der Waals surface area (Å²) in [7, 11) is -1.46. The molecule has 6 aromatic carbocycles. The average Bonchev–Trinajstić information content (AvgIpc) is 1.85. The first kappa shape index (κ1) is 66.1. The highest BCUT2D eigenvalue weighted by Gasteiger charge is 2.41. The van der Waals surface area contributed by atoms with Gasteiger partial charge in [-0.25, -0.2) is 31.9 Å². The smallest absolute Gasteiger partial charge is 0.407 e. The van der Waals surface area contributed by atoms with Gasteiger partial charge >= 0.3 is 6.09 Å². The van der Waals surface area contributed by atoms with E-state index in [9.17, 15) is 23.0 Å². The first-order valence-electron chi connectivity index (χ1n) is 29.7. The number of nitrogens with one attached hydrogen (secondary N) is 4. The van der Waals surface area contributed by atoms with Crippen LogP contribution in [0.3, 0.4) is 0 Å². The minimum Gasteiger partial charge on any atom is -0.444 e. The third-order valence-corrected chi connectivity index (χ3v) is 17.2. The number of rotatable bonds is 21. The van der Waals surface area contributed by atoms with Crippen LogP contribution >= 0.6 is 12.4 Å². The number of nitrogens with two attached hydrogens (primary N) is 2. The molecular formula is C69H81ClF2N10O5S. The fourth-order valence-electron chi connectivity index (χ4n) is 10.5. The highest BCUT2D eigenvalue weighted by molar-refractivity contribution is 7.84. The van der Waals surface area contributed by atoms with Gasteiger partial charge in [-0.15, -0.1) is 12.4 Å². The number of carbonyl (C=O) groups is 3. The predicted octanol–water partition coefficient (Wildman–Crippen LogP) is 13.9. The van der Waals surface area contributed by atoms with Crippen LogP contribution in [-0.2, 0) is 39.9 Å². The standard InChI is InChI=1S/C39H48FN5O4S.C30H32FN5O.ClH/c1-26-22-34(45(43-26)31-15-11-12-28(23-31)25-41-36(47)49-37(2,3)4)35(46)42-33-24-30(18-19-32(33)40)39(21-20-27-16-17-27,29-13-9-8-10-14-29)44-50(48)38(5,6)7;1-20-16-28(36(35-20)25-9-5-6-22(17-25)19-32)29(37)34-27-18-24(12-13-26(27)31)30(33,15-14-21-10-11-21)23-7-3-2-4-8-23;/h8-15,18-19,22-24,27,44H,16-17,20-21,25H2,1-7H3,(H,41,47)(H,42,46);2-9,12-13,16-18,21H,10-11,14-15,19,32-33H2,1H3,(H,34,37);1H. The number of aromatic nitrogens is 4. The van der Waals surface area contributed by atoms with Gasteiger partial charge in [0.15, 0.2) is 0 Å². The lowest BCUT2D eigenvalue weighted by Gasteiger charge is -2.38. The summed E-state index contributed by atoms with van der Waals surface area (Å²) in [5, 5.41) is 17.4. The van der Waals surface area contributed by atoms with Crippen molar-refractivity contribution in [3.63, 3.8) is 0 Å². The number of carbonyl (C=O) groups excluding carboxylic acids is 3. The van der Waals surface area contributed by atoms with E-state index in [4.69, 9.17) is 16.2 Å². The van der Waals surface area contributed by atoms with Crippen molar-refractivity contribution in [3.8, 4) is 11.4 Å². The topological polar surface area (TPSA) is 213 Å². The van der Waals surface area contributed by atoms with Crippen LogP contribution in [0.5, 0.6) is 0 Å². The van der Waals surface area contributed by atoms with Gasteiger partial charge in [-0.3, -0.25) is 9.59 Å². The summed E-state index contributed by atoms with van der Waals surface area (Å²) in [5.74, 6) is -0.836. The monoisotopic (exact) mass is 1230 g/mol. The maximum absolute atomic E-state index is 15.6. The molecule has 2 aliphatic rings. The number of amides is 3. The molecule has 2 heterocycles. The van der Waals surface area contributed by atoms with E-state index in [2.05, 4.69) is 30.9 Å². The van der Waals surface area contributed by atoms with Crippen molar-refractivity contribution in [2.24, 2.45) is 23.3 Å². The summed E-state index contributed by atoms with van der Waals surface area (Å²) in [6, 6.07) is 47.3. The zero-order chi connectivity index (χ0) is 62.3. The maximum atomic E-state index is 15.6. The van der Waals surface area contributed by atoms with Gasteiger partial charge in [0.1, 0.15) is 28.6 Å². The summed E-state index contributed by atoms with van der Waals surface area (Å²) < 4.78 is 55.6. The van der Waals surface area contributed by atoms with E-state index in [1.165, 1.54) is 29.7 Å². The van der Waals surface area contributed by atoms with Gasteiger partial charge in [0.05, 0.1) is 60.9 Å². The fourth-order valence-corrected chi connectivity index (χ4v) is 11.5. The van der Waals surface area contributed by atoms with Crippen molar-refractivity contribution in [2.45, 2.75) is 141 Å². The van der Waals surface area contributed by atoms with Crippen LogP contribution in [0.25, 0.3) is 11.4 Å². The fraction of sp³-hybridized carbons (Fsp3) is 0.348. The van der Waals surface area contributed by atoms with Crippen molar-refractivity contribution < 1.29 is 32.1 Å². The Labute approximate surface area is 523 Å². The number of hydrogen-bond donors (Lipinski definition) is 6. The van der Waals surface area contributed by atoms with Gasteiger partial charge in [-0.1, -0.05) is 123 Å². The Bertz CT molecular complexity index is 3770. The molecule has 19 heteroatoms. The summed E-state index contributed by atoms with van der Waals surface area (Å²) >= 11 is 0. The molecule has 3 amide bonds. The van der Waals surface area contributed by atoms with E-state index in [1.807, 2.05) is 131 Å². The van der Waals surface area contributed by atoms with Crippen LogP contribution in [0.1, 0.15) is 159 Å². The molecule has 0 bridgehead atoms. The number of anilines is 2. The molecule has 2 aliphatic carbocycles. The van der Waals surface area contributed by atoms with Crippen molar-refractivity contribution in [1.82, 2.24) is 29.6 Å². The van der Waals surface area contributed by atoms with Crippen molar-refractivity contribution in [3.05, 3.63) is 226 Å². The number of ether oxygens (including phenoxy) is 1. The highest BCUT2D eigenvalue weighted by Crippen LogP contribution is 2.44. The first-order valence-corrected chi connectivity index (χ1v) is 30.9. The Balaban J connectivity index is 0.000000235. The third kappa shape index (κ3) is 16.6. The molecule has 0 radical (unpaired) electrons. The van der Waals surface area contributed by atoms with E-state index < -0.39 is 62.0 Å². The van der Waals surface area contributed by atoms with Crippen LogP contribution in [0.2, 0.25) is 0 Å². The number of aryl methyl sites for hydroxylation is 2. The second kappa shape index (κ2) is 28.1. The third-order valence-electron chi connectivity index (χ3n) is 15.6. The molecule has 15 nitrogen and oxygen atoms in total. The maximum Gasteiger partial charge on any atom is 0.407 e. The second-order valence-electron chi connectivity index (χ2n) is 24.9. The van der Waals surface area contributed by atoms with Gasteiger partial charge in [-0.2, -0.15) is 10.2 Å². The molecule has 2 saturated carbocycles. The van der Waals surface area contributed by atoms with Gasteiger partial charge < -0.3 is 32.2 Å². The summed E-state index contributed by atoms with van der Waals surface area (Å²) in [6.45, 7) is 15.3. The average molecular weight is 1240 g/mol. The Morgan fingerprint density at radius 3 is 1.58 bits per heavy atom. The quantitative estimate of drug-likeness (QED) is 0.0403. The Kier molecular flexibility index (Phi) is 21.1. The minimum atomic E-state index is -1.46. The van der Waals surface area contributed by atoms with E-state index in [0.717, 1.165) is 59.9 Å². The lowest BCUT2D eigenvalue weighted by molar-refractivity contribution is 0.0523. The van der Waals surface area contributed by atoms with Gasteiger partial charge in [0.2, 0.25) is 0 Å². The number of alkyl carbamates (subject to hydrolysis) is 1. The Morgan fingerprint density at radius 2 is 1.08 bits per heavy atom. The minimum absolute atomic E-state index is 0.